The van der Waals surface area contributed by atoms with Crippen molar-refractivity contribution in [2.75, 3.05) is 0 Å². The molecular weight excluding hydrogens is 258 g/mol. The quantitative estimate of drug-likeness (QED) is 0.839. The zero-order chi connectivity index (χ0) is 13.7. The first kappa shape index (κ1) is 13.6. The van der Waals surface area contributed by atoms with Crippen LogP contribution in [-0.4, -0.2) is 16.3 Å². The molecule has 0 radical (unpaired) electrons. The van der Waals surface area contributed by atoms with Crippen LogP contribution in [0.25, 0.3) is 0 Å². The van der Waals surface area contributed by atoms with Crippen molar-refractivity contribution in [1.82, 2.24) is 0 Å². The highest BCUT2D eigenvalue weighted by Gasteiger charge is 2.17. The van der Waals surface area contributed by atoms with Crippen molar-refractivity contribution < 1.29 is 10.2 Å². The average Bonchev–Trinajstić information content (AvgIpc) is 2.47. The van der Waals surface area contributed by atoms with Crippen molar-refractivity contribution in [3.8, 4) is 6.07 Å². The summed E-state index contributed by atoms with van der Waals surface area (Å²) in [7, 11) is 0. The number of nitriles is 1. The molecule has 0 aliphatic heterocycles. The average molecular weight is 271 g/mol. The Hall–Kier alpha value is -1.80. The summed E-state index contributed by atoms with van der Waals surface area (Å²) in [4.78, 5) is 2.17. The lowest BCUT2D eigenvalue weighted by Crippen LogP contribution is -2.15. The molecule has 0 fully saturated rings. The Morgan fingerprint density at radius 2 is 1.47 bits per heavy atom. The van der Waals surface area contributed by atoms with Gasteiger partial charge in [0.25, 0.3) is 0 Å². The molecule has 96 valence electrons. The lowest BCUT2D eigenvalue weighted by atomic mass is 10.1. The van der Waals surface area contributed by atoms with E-state index in [2.05, 4.69) is 0 Å². The highest BCUT2D eigenvalue weighted by Crippen LogP contribution is 2.28. The van der Waals surface area contributed by atoms with Crippen molar-refractivity contribution in [2.24, 2.45) is 0 Å². The number of aliphatic hydroxyl groups excluding tert-OH is 2. The lowest BCUT2D eigenvalue weighted by molar-refractivity contribution is 0.0527. The lowest BCUT2D eigenvalue weighted by Gasteiger charge is -2.12. The second-order valence-corrected chi connectivity index (χ2v) is 5.15. The molecule has 0 saturated heterocycles. The minimum atomic E-state index is -1.40. The van der Waals surface area contributed by atoms with E-state index in [-0.39, 0.29) is 0 Å². The molecule has 2 aromatic carbocycles. The Bertz CT molecular complexity index is 563. The van der Waals surface area contributed by atoms with Crippen LogP contribution in [0.2, 0.25) is 0 Å². The molecule has 2 rings (SSSR count). The minimum Gasteiger partial charge on any atom is -0.385 e. The van der Waals surface area contributed by atoms with Crippen LogP contribution in [0.3, 0.4) is 0 Å². The van der Waals surface area contributed by atoms with Crippen LogP contribution >= 0.6 is 11.8 Å². The van der Waals surface area contributed by atoms with E-state index in [4.69, 9.17) is 5.26 Å². The van der Waals surface area contributed by atoms with Gasteiger partial charge in [-0.1, -0.05) is 42.1 Å². The summed E-state index contributed by atoms with van der Waals surface area (Å²) in [6.45, 7) is 0. The summed E-state index contributed by atoms with van der Waals surface area (Å²) in [5, 5.41) is 27.5. The second kappa shape index (κ2) is 6.39. The van der Waals surface area contributed by atoms with E-state index in [0.29, 0.717) is 5.56 Å². The van der Waals surface area contributed by atoms with Crippen LogP contribution in [-0.2, 0) is 0 Å². The molecule has 0 saturated carbocycles. The number of hydrogen-bond donors (Lipinski definition) is 2. The van der Waals surface area contributed by atoms with Gasteiger partial charge in [0.2, 0.25) is 0 Å². The third kappa shape index (κ3) is 3.58. The van der Waals surface area contributed by atoms with E-state index >= 15 is 0 Å². The maximum atomic E-state index is 9.69. The monoisotopic (exact) mass is 271 g/mol. The molecule has 2 N–H and O–H groups in total. The van der Waals surface area contributed by atoms with Gasteiger partial charge in [0, 0.05) is 9.79 Å². The van der Waals surface area contributed by atoms with Gasteiger partial charge < -0.3 is 10.2 Å². The largest absolute Gasteiger partial charge is 0.385 e. The standard InChI is InChI=1S/C15H13NO2S/c16-10-14(17)15(18)11-6-8-13(9-7-11)19-12-4-2-1-3-5-12/h1-9,14-15,17-18H. The minimum absolute atomic E-state index is 0.534. The van der Waals surface area contributed by atoms with Crippen LogP contribution in [0.4, 0.5) is 0 Å². The molecule has 19 heavy (non-hydrogen) atoms. The Kier molecular flexibility index (Phi) is 4.58. The fraction of sp³-hybridized carbons (Fsp3) is 0.133. The van der Waals surface area contributed by atoms with Crippen LogP contribution in [0.1, 0.15) is 11.7 Å². The van der Waals surface area contributed by atoms with Crippen molar-refractivity contribution in [2.45, 2.75) is 22.0 Å². The predicted octanol–water partition coefficient (Wildman–Crippen LogP) is 2.76. The first-order chi connectivity index (χ1) is 9.20. The number of rotatable bonds is 4. The molecule has 2 unspecified atom stereocenters. The molecule has 0 amide bonds. The predicted molar refractivity (Wildman–Crippen MR) is 73.6 cm³/mol. The van der Waals surface area contributed by atoms with Gasteiger partial charge in [0.05, 0.1) is 6.07 Å². The van der Waals surface area contributed by atoms with E-state index in [1.165, 1.54) is 0 Å². The molecule has 0 aliphatic carbocycles. The topological polar surface area (TPSA) is 64.2 Å². The fourth-order valence-electron chi connectivity index (χ4n) is 1.61. The molecule has 3 nitrogen and oxygen atoms in total. The number of hydrogen-bond acceptors (Lipinski definition) is 4. The fourth-order valence-corrected chi connectivity index (χ4v) is 2.45. The number of aliphatic hydroxyl groups is 2. The first-order valence-corrected chi connectivity index (χ1v) is 6.61. The second-order valence-electron chi connectivity index (χ2n) is 4.00. The van der Waals surface area contributed by atoms with Gasteiger partial charge in [-0.2, -0.15) is 5.26 Å². The van der Waals surface area contributed by atoms with Crippen molar-refractivity contribution in [1.29, 1.82) is 5.26 Å². The third-order valence-electron chi connectivity index (χ3n) is 2.63. The van der Waals surface area contributed by atoms with Crippen LogP contribution < -0.4 is 0 Å². The Morgan fingerprint density at radius 1 is 0.895 bits per heavy atom. The van der Waals surface area contributed by atoms with Gasteiger partial charge in [-0.05, 0) is 29.8 Å². The van der Waals surface area contributed by atoms with E-state index < -0.39 is 12.2 Å². The van der Waals surface area contributed by atoms with Gasteiger partial charge in [-0.15, -0.1) is 0 Å². The SMILES string of the molecule is N#CC(O)C(O)c1ccc(Sc2ccccc2)cc1. The van der Waals surface area contributed by atoms with Crippen molar-refractivity contribution in [3.63, 3.8) is 0 Å². The smallest absolute Gasteiger partial charge is 0.170 e. The Balaban J connectivity index is 2.09. The molecule has 0 bridgehead atoms. The van der Waals surface area contributed by atoms with Gasteiger partial charge in [-0.3, -0.25) is 0 Å². The first-order valence-electron chi connectivity index (χ1n) is 5.79. The Morgan fingerprint density at radius 3 is 2.05 bits per heavy atom. The number of benzene rings is 2. The van der Waals surface area contributed by atoms with Gasteiger partial charge >= 0.3 is 0 Å². The normalized spacial score (nSPS) is 13.5. The molecular formula is C15H13NO2S. The van der Waals surface area contributed by atoms with Crippen LogP contribution in [0.15, 0.2) is 64.4 Å². The van der Waals surface area contributed by atoms with E-state index in [1.807, 2.05) is 42.5 Å². The molecule has 2 atom stereocenters. The summed E-state index contributed by atoms with van der Waals surface area (Å²) in [5.41, 5.74) is 0.534. The summed E-state index contributed by atoms with van der Waals surface area (Å²) in [6.07, 6.45) is -2.56. The van der Waals surface area contributed by atoms with Crippen LogP contribution in [0.5, 0.6) is 0 Å². The molecule has 2 aromatic rings. The van der Waals surface area contributed by atoms with Crippen molar-refractivity contribution in [3.05, 3.63) is 60.2 Å². The molecule has 0 aromatic heterocycles. The maximum Gasteiger partial charge on any atom is 0.170 e. The van der Waals surface area contributed by atoms with Crippen LogP contribution in [0, 0.1) is 11.3 Å². The third-order valence-corrected chi connectivity index (χ3v) is 3.65. The van der Waals surface area contributed by atoms with Gasteiger partial charge in [0.1, 0.15) is 6.10 Å². The van der Waals surface area contributed by atoms with E-state index in [1.54, 1.807) is 30.0 Å². The zero-order valence-corrected chi connectivity index (χ0v) is 10.9. The van der Waals surface area contributed by atoms with E-state index in [9.17, 15) is 10.2 Å². The Labute approximate surface area is 116 Å². The van der Waals surface area contributed by atoms with E-state index in [0.717, 1.165) is 9.79 Å². The summed E-state index contributed by atoms with van der Waals surface area (Å²) < 4.78 is 0. The molecule has 0 aliphatic rings. The summed E-state index contributed by atoms with van der Waals surface area (Å²) in [6, 6.07) is 18.7. The molecule has 0 spiro atoms. The summed E-state index contributed by atoms with van der Waals surface area (Å²) >= 11 is 1.61. The van der Waals surface area contributed by atoms with Crippen molar-refractivity contribution >= 4 is 11.8 Å². The molecule has 4 heteroatoms. The zero-order valence-electron chi connectivity index (χ0n) is 10.1. The van der Waals surface area contributed by atoms with Gasteiger partial charge in [0.15, 0.2) is 6.10 Å². The molecule has 0 heterocycles. The maximum absolute atomic E-state index is 9.69. The summed E-state index contributed by atoms with van der Waals surface area (Å²) in [5.74, 6) is 0. The van der Waals surface area contributed by atoms with Gasteiger partial charge in [-0.25, -0.2) is 0 Å². The highest BCUT2D eigenvalue weighted by molar-refractivity contribution is 7.99. The number of nitrogens with zero attached hydrogens (tertiary/aromatic N) is 1. The highest BCUT2D eigenvalue weighted by atomic mass is 32.2.